The molecule has 4 N–H and O–H groups in total. The van der Waals surface area contributed by atoms with Crippen molar-refractivity contribution in [3.05, 3.63) is 35.4 Å². The molecule has 122 valence electrons. The van der Waals surface area contributed by atoms with E-state index >= 15 is 0 Å². The van der Waals surface area contributed by atoms with Crippen molar-refractivity contribution in [3.8, 4) is 0 Å². The molecule has 1 amide bonds. The molecule has 0 aliphatic heterocycles. The van der Waals surface area contributed by atoms with E-state index in [9.17, 15) is 18.0 Å². The monoisotopic (exact) mass is 328 g/mol. The Morgan fingerprint density at radius 2 is 1.95 bits per heavy atom. The number of benzene rings is 1. The van der Waals surface area contributed by atoms with E-state index in [4.69, 9.17) is 10.2 Å². The number of hydrogen-bond acceptors (Lipinski definition) is 4. The lowest BCUT2D eigenvalue weighted by atomic mass is 10.0. The Balaban J connectivity index is 2.88. The molecule has 22 heavy (non-hydrogen) atoms. The predicted octanol–water partition coefficient (Wildman–Crippen LogP) is 0.704. The zero-order chi connectivity index (χ0) is 16.9. The first-order valence-corrected chi connectivity index (χ1v) is 8.43. The first kappa shape index (κ1) is 18.1. The van der Waals surface area contributed by atoms with Crippen LogP contribution in [0.25, 0.3) is 0 Å². The van der Waals surface area contributed by atoms with E-state index < -0.39 is 27.9 Å². The molecule has 0 bridgehead atoms. The number of hydrogen-bond donors (Lipinski definition) is 3. The summed E-state index contributed by atoms with van der Waals surface area (Å²) in [7, 11) is -3.70. The van der Waals surface area contributed by atoms with Crippen molar-refractivity contribution in [2.24, 2.45) is 11.1 Å². The number of aliphatic carboxylic acids is 1. The minimum Gasteiger partial charge on any atom is -0.480 e. The van der Waals surface area contributed by atoms with Gasteiger partial charge in [0.05, 0.1) is 5.75 Å². The summed E-state index contributed by atoms with van der Waals surface area (Å²) >= 11 is 0. The Hall–Kier alpha value is -1.93. The third-order valence-electron chi connectivity index (χ3n) is 2.87. The van der Waals surface area contributed by atoms with E-state index in [-0.39, 0.29) is 17.2 Å². The number of amides is 1. The van der Waals surface area contributed by atoms with Crippen molar-refractivity contribution in [2.45, 2.75) is 32.1 Å². The van der Waals surface area contributed by atoms with Crippen LogP contribution < -0.4 is 10.5 Å². The van der Waals surface area contributed by atoms with Gasteiger partial charge < -0.3 is 10.4 Å². The zero-order valence-electron chi connectivity index (χ0n) is 12.4. The molecule has 1 atom stereocenters. The second-order valence-corrected chi connectivity index (χ2v) is 7.12. The van der Waals surface area contributed by atoms with Gasteiger partial charge in [-0.15, -0.1) is 0 Å². The molecule has 8 heteroatoms. The average Bonchev–Trinajstić information content (AvgIpc) is 2.35. The predicted molar refractivity (Wildman–Crippen MR) is 81.6 cm³/mol. The lowest BCUT2D eigenvalue weighted by molar-refractivity contribution is -0.139. The highest BCUT2D eigenvalue weighted by atomic mass is 32.2. The van der Waals surface area contributed by atoms with Gasteiger partial charge in [0.1, 0.15) is 6.04 Å². The van der Waals surface area contributed by atoms with E-state index in [0.29, 0.717) is 12.0 Å². The van der Waals surface area contributed by atoms with Crippen LogP contribution in [0.2, 0.25) is 0 Å². The fourth-order valence-corrected chi connectivity index (χ4v) is 2.61. The normalized spacial score (nSPS) is 12.9. The van der Waals surface area contributed by atoms with Crippen LogP contribution in [0.15, 0.2) is 24.3 Å². The van der Waals surface area contributed by atoms with Gasteiger partial charge in [-0.1, -0.05) is 26.0 Å². The van der Waals surface area contributed by atoms with Crippen LogP contribution in [0, 0.1) is 5.92 Å². The molecule has 0 heterocycles. The number of rotatable bonds is 7. The molecule has 0 aliphatic rings. The average molecular weight is 328 g/mol. The highest BCUT2D eigenvalue weighted by molar-refractivity contribution is 7.88. The van der Waals surface area contributed by atoms with Gasteiger partial charge in [-0.05, 0) is 30.0 Å². The van der Waals surface area contributed by atoms with Gasteiger partial charge in [0.15, 0.2) is 0 Å². The van der Waals surface area contributed by atoms with Crippen molar-refractivity contribution in [3.63, 3.8) is 0 Å². The van der Waals surface area contributed by atoms with E-state index in [1.165, 1.54) is 24.3 Å². The summed E-state index contributed by atoms with van der Waals surface area (Å²) in [6.45, 7) is 3.71. The van der Waals surface area contributed by atoms with Crippen LogP contribution in [-0.2, 0) is 20.6 Å². The van der Waals surface area contributed by atoms with Gasteiger partial charge in [0.25, 0.3) is 5.91 Å². The molecule has 1 aromatic rings. The van der Waals surface area contributed by atoms with Crippen molar-refractivity contribution in [1.82, 2.24) is 5.32 Å². The molecular formula is C14H20N2O5S. The topological polar surface area (TPSA) is 127 Å². The highest BCUT2D eigenvalue weighted by Crippen LogP contribution is 2.10. The quantitative estimate of drug-likeness (QED) is 0.679. The lowest BCUT2D eigenvalue weighted by Gasteiger charge is -2.16. The number of carboxylic acids is 1. The van der Waals surface area contributed by atoms with Gasteiger partial charge in [0.2, 0.25) is 10.0 Å². The van der Waals surface area contributed by atoms with Gasteiger partial charge in [-0.25, -0.2) is 18.4 Å². The molecule has 0 aliphatic carbocycles. The summed E-state index contributed by atoms with van der Waals surface area (Å²) in [5.41, 5.74) is 0.557. The molecule has 0 aromatic heterocycles. The lowest BCUT2D eigenvalue weighted by Crippen LogP contribution is -2.41. The number of carbonyl (C=O) groups excluding carboxylic acids is 1. The summed E-state index contributed by atoms with van der Waals surface area (Å²) < 4.78 is 22.1. The summed E-state index contributed by atoms with van der Waals surface area (Å²) in [4.78, 5) is 23.2. The van der Waals surface area contributed by atoms with Crippen LogP contribution in [0.1, 0.15) is 36.2 Å². The van der Waals surface area contributed by atoms with Crippen LogP contribution in [0.4, 0.5) is 0 Å². The standard InChI is InChI=1S/C14H20N2O5S/c1-9(2)6-12(14(18)19)16-13(17)11-5-3-4-10(7-11)8-22(15,20)21/h3-5,7,9,12H,6,8H2,1-2H3,(H,16,17)(H,18,19)(H2,15,20,21)/t12-/m1/s1. The molecule has 7 nitrogen and oxygen atoms in total. The molecule has 0 fully saturated rings. The van der Waals surface area contributed by atoms with Gasteiger partial charge >= 0.3 is 5.97 Å². The molecule has 0 radical (unpaired) electrons. The molecule has 1 aromatic carbocycles. The number of carbonyl (C=O) groups is 2. The van der Waals surface area contributed by atoms with Gasteiger partial charge in [-0.3, -0.25) is 4.79 Å². The zero-order valence-corrected chi connectivity index (χ0v) is 13.3. The highest BCUT2D eigenvalue weighted by Gasteiger charge is 2.21. The van der Waals surface area contributed by atoms with Crippen LogP contribution in [0.5, 0.6) is 0 Å². The van der Waals surface area contributed by atoms with Crippen LogP contribution in [0.3, 0.4) is 0 Å². The minimum atomic E-state index is -3.70. The second-order valence-electron chi connectivity index (χ2n) is 5.50. The second kappa shape index (κ2) is 7.37. The molecule has 0 spiro atoms. The van der Waals surface area contributed by atoms with Crippen LogP contribution in [-0.4, -0.2) is 31.4 Å². The number of nitrogens with two attached hydrogens (primary N) is 1. The Bertz CT molecular complexity index is 655. The molecule has 0 saturated carbocycles. The van der Waals surface area contributed by atoms with E-state index in [0.717, 1.165) is 0 Å². The summed E-state index contributed by atoms with van der Waals surface area (Å²) in [6.07, 6.45) is 0.304. The third kappa shape index (κ3) is 6.23. The number of nitrogens with one attached hydrogen (secondary N) is 1. The van der Waals surface area contributed by atoms with E-state index in [1.807, 2.05) is 13.8 Å². The first-order chi connectivity index (χ1) is 10.1. The Labute approximate surface area is 129 Å². The smallest absolute Gasteiger partial charge is 0.326 e. The SMILES string of the molecule is CC(C)C[C@@H](NC(=O)c1cccc(CS(N)(=O)=O)c1)C(=O)O. The fourth-order valence-electron chi connectivity index (χ4n) is 1.97. The number of carboxylic acid groups (broad SMARTS) is 1. The fraction of sp³-hybridized carbons (Fsp3) is 0.429. The number of sulfonamides is 1. The maximum Gasteiger partial charge on any atom is 0.326 e. The summed E-state index contributed by atoms with van der Waals surface area (Å²) in [6, 6.07) is 4.93. The maximum absolute atomic E-state index is 12.1. The maximum atomic E-state index is 12.1. The van der Waals surface area contributed by atoms with E-state index in [2.05, 4.69) is 5.32 Å². The van der Waals surface area contributed by atoms with Crippen molar-refractivity contribution < 1.29 is 23.1 Å². The Morgan fingerprint density at radius 1 is 1.32 bits per heavy atom. The Kier molecular flexibility index (Phi) is 6.07. The van der Waals surface area contributed by atoms with E-state index in [1.54, 1.807) is 0 Å². The minimum absolute atomic E-state index is 0.107. The molecule has 0 saturated heterocycles. The molecular weight excluding hydrogens is 308 g/mol. The van der Waals surface area contributed by atoms with Crippen LogP contribution >= 0.6 is 0 Å². The Morgan fingerprint density at radius 3 is 2.45 bits per heavy atom. The number of primary sulfonamides is 1. The first-order valence-electron chi connectivity index (χ1n) is 6.71. The van der Waals surface area contributed by atoms with Crippen molar-refractivity contribution >= 4 is 21.9 Å². The van der Waals surface area contributed by atoms with Crippen molar-refractivity contribution in [2.75, 3.05) is 0 Å². The summed E-state index contributed by atoms with van der Waals surface area (Å²) in [5.74, 6) is -1.95. The molecule has 0 unspecified atom stereocenters. The largest absolute Gasteiger partial charge is 0.480 e. The third-order valence-corrected chi connectivity index (χ3v) is 3.60. The van der Waals surface area contributed by atoms with Crippen molar-refractivity contribution in [1.29, 1.82) is 0 Å². The summed E-state index contributed by atoms with van der Waals surface area (Å²) in [5, 5.41) is 16.5. The van der Waals surface area contributed by atoms with Gasteiger partial charge in [0, 0.05) is 5.56 Å². The molecule has 1 rings (SSSR count). The van der Waals surface area contributed by atoms with Gasteiger partial charge in [-0.2, -0.15) is 0 Å².